The molecule has 0 aliphatic heterocycles. The second kappa shape index (κ2) is 6.79. The SMILES string of the molecule is CCC(C(=O)NCc1ccc(Cl)cc1)n1nnc2ccccc21. The van der Waals surface area contributed by atoms with Gasteiger partial charge in [0, 0.05) is 11.6 Å². The summed E-state index contributed by atoms with van der Waals surface area (Å²) in [5.74, 6) is -0.0712. The number of hydrogen-bond donors (Lipinski definition) is 1. The summed E-state index contributed by atoms with van der Waals surface area (Å²) < 4.78 is 1.69. The fourth-order valence-electron chi connectivity index (χ4n) is 2.50. The fraction of sp³-hybridized carbons (Fsp3) is 0.235. The number of halogens is 1. The average Bonchev–Trinajstić information content (AvgIpc) is 2.99. The minimum Gasteiger partial charge on any atom is -0.350 e. The van der Waals surface area contributed by atoms with Gasteiger partial charge >= 0.3 is 0 Å². The normalized spacial score (nSPS) is 12.3. The highest BCUT2D eigenvalue weighted by Gasteiger charge is 2.21. The van der Waals surface area contributed by atoms with Crippen molar-refractivity contribution in [2.45, 2.75) is 25.9 Å². The third-order valence-electron chi connectivity index (χ3n) is 3.74. The standard InChI is InChI=1S/C17H17ClN4O/c1-2-15(22-16-6-4-3-5-14(16)20-21-22)17(23)19-11-12-7-9-13(18)10-8-12/h3-10,15H,2,11H2,1H3,(H,19,23). The molecule has 23 heavy (non-hydrogen) atoms. The zero-order valence-electron chi connectivity index (χ0n) is 12.7. The molecule has 0 saturated heterocycles. The van der Waals surface area contributed by atoms with E-state index in [9.17, 15) is 4.79 Å². The molecule has 3 rings (SSSR count). The van der Waals surface area contributed by atoms with Gasteiger partial charge in [0.1, 0.15) is 11.6 Å². The summed E-state index contributed by atoms with van der Waals surface area (Å²) in [5, 5.41) is 11.9. The molecule has 1 unspecified atom stereocenters. The molecule has 1 N–H and O–H groups in total. The summed E-state index contributed by atoms with van der Waals surface area (Å²) in [6.07, 6.45) is 0.639. The van der Waals surface area contributed by atoms with E-state index in [-0.39, 0.29) is 11.9 Å². The van der Waals surface area contributed by atoms with Crippen LogP contribution in [0.5, 0.6) is 0 Å². The van der Waals surface area contributed by atoms with Crippen LogP contribution in [0.15, 0.2) is 48.5 Å². The number of benzene rings is 2. The van der Waals surface area contributed by atoms with Crippen LogP contribution in [0.3, 0.4) is 0 Å². The van der Waals surface area contributed by atoms with Crippen molar-refractivity contribution in [2.24, 2.45) is 0 Å². The molecule has 1 amide bonds. The molecular weight excluding hydrogens is 312 g/mol. The zero-order valence-corrected chi connectivity index (χ0v) is 13.5. The van der Waals surface area contributed by atoms with Crippen molar-refractivity contribution in [1.82, 2.24) is 20.3 Å². The van der Waals surface area contributed by atoms with Crippen LogP contribution < -0.4 is 5.32 Å². The highest BCUT2D eigenvalue weighted by Crippen LogP contribution is 2.18. The minimum atomic E-state index is -0.380. The maximum atomic E-state index is 12.5. The largest absolute Gasteiger partial charge is 0.350 e. The first-order valence-electron chi connectivity index (χ1n) is 7.51. The first-order valence-corrected chi connectivity index (χ1v) is 7.89. The monoisotopic (exact) mass is 328 g/mol. The van der Waals surface area contributed by atoms with Crippen LogP contribution in [-0.4, -0.2) is 20.9 Å². The van der Waals surface area contributed by atoms with Crippen LogP contribution >= 0.6 is 11.6 Å². The number of fused-ring (bicyclic) bond motifs is 1. The third kappa shape index (κ3) is 3.35. The van der Waals surface area contributed by atoms with Crippen molar-refractivity contribution < 1.29 is 4.79 Å². The maximum Gasteiger partial charge on any atom is 0.245 e. The molecule has 0 fully saturated rings. The Hall–Kier alpha value is -2.40. The van der Waals surface area contributed by atoms with Crippen molar-refractivity contribution in [1.29, 1.82) is 0 Å². The Morgan fingerprint density at radius 2 is 1.96 bits per heavy atom. The molecule has 0 aliphatic rings. The Morgan fingerprint density at radius 3 is 2.70 bits per heavy atom. The topological polar surface area (TPSA) is 59.8 Å². The summed E-state index contributed by atoms with van der Waals surface area (Å²) in [5.41, 5.74) is 2.65. The molecule has 0 spiro atoms. The average molecular weight is 329 g/mol. The summed E-state index contributed by atoms with van der Waals surface area (Å²) in [7, 11) is 0. The lowest BCUT2D eigenvalue weighted by atomic mass is 10.2. The predicted molar refractivity (Wildman–Crippen MR) is 90.2 cm³/mol. The van der Waals surface area contributed by atoms with Crippen molar-refractivity contribution in [3.8, 4) is 0 Å². The highest BCUT2D eigenvalue weighted by atomic mass is 35.5. The molecule has 0 saturated carbocycles. The van der Waals surface area contributed by atoms with E-state index < -0.39 is 0 Å². The highest BCUT2D eigenvalue weighted by molar-refractivity contribution is 6.30. The van der Waals surface area contributed by atoms with E-state index in [1.54, 1.807) is 4.68 Å². The number of amides is 1. The Balaban J connectivity index is 1.75. The van der Waals surface area contributed by atoms with Gasteiger partial charge < -0.3 is 5.32 Å². The third-order valence-corrected chi connectivity index (χ3v) is 3.99. The van der Waals surface area contributed by atoms with Gasteiger partial charge in [-0.25, -0.2) is 4.68 Å². The van der Waals surface area contributed by atoms with Gasteiger partial charge in [-0.15, -0.1) is 5.10 Å². The summed E-state index contributed by atoms with van der Waals surface area (Å²) in [6, 6.07) is 14.7. The molecule has 0 aliphatic carbocycles. The molecule has 0 bridgehead atoms. The second-order valence-corrected chi connectivity index (χ2v) is 5.73. The van der Waals surface area contributed by atoms with Gasteiger partial charge in [0.15, 0.2) is 0 Å². The molecule has 1 atom stereocenters. The van der Waals surface area contributed by atoms with Crippen molar-refractivity contribution in [2.75, 3.05) is 0 Å². The van der Waals surface area contributed by atoms with Gasteiger partial charge in [-0.3, -0.25) is 4.79 Å². The number of hydrogen-bond acceptors (Lipinski definition) is 3. The van der Waals surface area contributed by atoms with Crippen LogP contribution in [0.2, 0.25) is 5.02 Å². The number of nitrogens with one attached hydrogen (secondary N) is 1. The Labute approximate surface area is 139 Å². The number of carbonyl (C=O) groups excluding carboxylic acids is 1. The van der Waals surface area contributed by atoms with Crippen LogP contribution in [0, 0.1) is 0 Å². The molecule has 5 nitrogen and oxygen atoms in total. The van der Waals surface area contributed by atoms with E-state index in [0.717, 1.165) is 16.6 Å². The molecule has 1 heterocycles. The lowest BCUT2D eigenvalue weighted by Crippen LogP contribution is -2.32. The summed E-state index contributed by atoms with van der Waals surface area (Å²) >= 11 is 5.86. The second-order valence-electron chi connectivity index (χ2n) is 5.29. The number of nitrogens with zero attached hydrogens (tertiary/aromatic N) is 3. The lowest BCUT2D eigenvalue weighted by molar-refractivity contribution is -0.124. The lowest BCUT2D eigenvalue weighted by Gasteiger charge is -2.16. The number of para-hydroxylation sites is 1. The quantitative estimate of drug-likeness (QED) is 0.781. The molecular formula is C17H17ClN4O. The summed E-state index contributed by atoms with van der Waals surface area (Å²) in [6.45, 7) is 2.42. The first kappa shape index (κ1) is 15.5. The molecule has 3 aromatic rings. The number of rotatable bonds is 5. The van der Waals surface area contributed by atoms with Crippen LogP contribution in [-0.2, 0) is 11.3 Å². The van der Waals surface area contributed by atoms with E-state index in [2.05, 4.69) is 15.6 Å². The van der Waals surface area contributed by atoms with Crippen LogP contribution in [0.25, 0.3) is 11.0 Å². The zero-order chi connectivity index (χ0) is 16.2. The van der Waals surface area contributed by atoms with Crippen molar-refractivity contribution in [3.05, 3.63) is 59.1 Å². The van der Waals surface area contributed by atoms with Gasteiger partial charge in [-0.05, 0) is 36.2 Å². The van der Waals surface area contributed by atoms with Gasteiger partial charge in [0.25, 0.3) is 0 Å². The molecule has 2 aromatic carbocycles. The van der Waals surface area contributed by atoms with Gasteiger partial charge in [-0.1, -0.05) is 48.0 Å². The van der Waals surface area contributed by atoms with Crippen LogP contribution in [0.1, 0.15) is 24.9 Å². The molecule has 0 radical (unpaired) electrons. The summed E-state index contributed by atoms with van der Waals surface area (Å²) in [4.78, 5) is 12.5. The molecule has 6 heteroatoms. The van der Waals surface area contributed by atoms with Crippen molar-refractivity contribution >= 4 is 28.5 Å². The van der Waals surface area contributed by atoms with Gasteiger partial charge in [0.2, 0.25) is 5.91 Å². The van der Waals surface area contributed by atoms with Crippen molar-refractivity contribution in [3.63, 3.8) is 0 Å². The van der Waals surface area contributed by atoms with E-state index in [1.807, 2.05) is 55.5 Å². The Kier molecular flexibility index (Phi) is 4.57. The first-order chi connectivity index (χ1) is 11.2. The molecule has 1 aromatic heterocycles. The van der Waals surface area contributed by atoms with E-state index in [4.69, 9.17) is 11.6 Å². The number of aromatic nitrogens is 3. The molecule has 118 valence electrons. The number of carbonyl (C=O) groups is 1. The van der Waals surface area contributed by atoms with Crippen LogP contribution in [0.4, 0.5) is 0 Å². The fourth-order valence-corrected chi connectivity index (χ4v) is 2.62. The van der Waals surface area contributed by atoms with Gasteiger partial charge in [0.05, 0.1) is 5.52 Å². The minimum absolute atomic E-state index is 0.0712. The van der Waals surface area contributed by atoms with E-state index >= 15 is 0 Å². The predicted octanol–water partition coefficient (Wildman–Crippen LogP) is 3.35. The Morgan fingerprint density at radius 1 is 1.22 bits per heavy atom. The Bertz CT molecular complexity index is 813. The van der Waals surface area contributed by atoms with Gasteiger partial charge in [-0.2, -0.15) is 0 Å². The van der Waals surface area contributed by atoms with E-state index in [0.29, 0.717) is 18.0 Å². The smallest absolute Gasteiger partial charge is 0.245 e. The maximum absolute atomic E-state index is 12.5. The van der Waals surface area contributed by atoms with E-state index in [1.165, 1.54) is 0 Å².